The van der Waals surface area contributed by atoms with Crippen LogP contribution in [0.15, 0.2) is 33.7 Å². The highest BCUT2D eigenvalue weighted by Crippen LogP contribution is 2.41. The summed E-state index contributed by atoms with van der Waals surface area (Å²) in [7, 11) is 0. The van der Waals surface area contributed by atoms with Crippen molar-refractivity contribution in [2.45, 2.75) is 31.2 Å². The van der Waals surface area contributed by atoms with Gasteiger partial charge in [0.15, 0.2) is 5.96 Å². The van der Waals surface area contributed by atoms with Crippen molar-refractivity contribution in [1.29, 1.82) is 0 Å². The lowest BCUT2D eigenvalue weighted by atomic mass is 9.96. The summed E-state index contributed by atoms with van der Waals surface area (Å²) in [6.45, 7) is 0.853. The summed E-state index contributed by atoms with van der Waals surface area (Å²) >= 11 is 3.52. The third-order valence-electron chi connectivity index (χ3n) is 3.84. The summed E-state index contributed by atoms with van der Waals surface area (Å²) < 4.78 is 1.09. The van der Waals surface area contributed by atoms with Crippen molar-refractivity contribution in [2.75, 3.05) is 11.4 Å². The van der Waals surface area contributed by atoms with Crippen molar-refractivity contribution >= 4 is 27.6 Å². The van der Waals surface area contributed by atoms with Crippen LogP contribution in [0.4, 0.5) is 5.69 Å². The molecule has 0 saturated heterocycles. The van der Waals surface area contributed by atoms with E-state index >= 15 is 0 Å². The molecule has 17 heavy (non-hydrogen) atoms. The van der Waals surface area contributed by atoms with E-state index in [-0.39, 0.29) is 5.54 Å². The minimum Gasteiger partial charge on any atom is -0.369 e. The first kappa shape index (κ1) is 11.1. The molecule has 1 heterocycles. The number of anilines is 1. The van der Waals surface area contributed by atoms with Crippen LogP contribution in [0.2, 0.25) is 0 Å². The van der Waals surface area contributed by atoms with Crippen LogP contribution in [0.1, 0.15) is 25.7 Å². The zero-order valence-electron chi connectivity index (χ0n) is 9.69. The molecular formula is C13H16BrN3. The second-order valence-electron chi connectivity index (χ2n) is 4.92. The van der Waals surface area contributed by atoms with E-state index in [0.717, 1.165) is 16.7 Å². The molecule has 0 radical (unpaired) electrons. The van der Waals surface area contributed by atoms with Crippen LogP contribution < -0.4 is 10.6 Å². The number of rotatable bonds is 1. The second-order valence-corrected chi connectivity index (χ2v) is 5.84. The topological polar surface area (TPSA) is 41.6 Å². The molecule has 0 amide bonds. The van der Waals surface area contributed by atoms with Gasteiger partial charge in [-0.05, 0) is 31.0 Å². The van der Waals surface area contributed by atoms with Crippen molar-refractivity contribution in [2.24, 2.45) is 10.7 Å². The number of nitrogens with zero attached hydrogens (tertiary/aromatic N) is 2. The molecule has 3 nitrogen and oxygen atoms in total. The Morgan fingerprint density at radius 3 is 2.76 bits per heavy atom. The average Bonchev–Trinajstić information content (AvgIpc) is 2.88. The Morgan fingerprint density at radius 1 is 1.29 bits per heavy atom. The highest BCUT2D eigenvalue weighted by Gasteiger charge is 2.44. The van der Waals surface area contributed by atoms with Gasteiger partial charge in [-0.15, -0.1) is 0 Å². The summed E-state index contributed by atoms with van der Waals surface area (Å²) in [6, 6.07) is 8.31. The molecule has 1 aromatic carbocycles. The molecular weight excluding hydrogens is 278 g/mol. The molecule has 1 saturated carbocycles. The summed E-state index contributed by atoms with van der Waals surface area (Å²) in [5.74, 6) is 0.671. The predicted molar refractivity (Wildman–Crippen MR) is 74.3 cm³/mol. The molecule has 1 spiro atoms. The highest BCUT2D eigenvalue weighted by atomic mass is 79.9. The first-order valence-electron chi connectivity index (χ1n) is 6.07. The van der Waals surface area contributed by atoms with Gasteiger partial charge < -0.3 is 10.6 Å². The molecule has 4 heteroatoms. The van der Waals surface area contributed by atoms with E-state index in [1.807, 2.05) is 12.1 Å². The molecule has 90 valence electrons. The Morgan fingerprint density at radius 2 is 2.06 bits per heavy atom. The fourth-order valence-electron chi connectivity index (χ4n) is 3.05. The average molecular weight is 294 g/mol. The Labute approximate surface area is 110 Å². The maximum Gasteiger partial charge on any atom is 0.196 e. The first-order valence-corrected chi connectivity index (χ1v) is 6.86. The largest absolute Gasteiger partial charge is 0.369 e. The first-order chi connectivity index (χ1) is 8.21. The number of nitrogens with two attached hydrogens (primary N) is 1. The monoisotopic (exact) mass is 293 g/mol. The lowest BCUT2D eigenvalue weighted by Crippen LogP contribution is -2.50. The van der Waals surface area contributed by atoms with Gasteiger partial charge in [0.1, 0.15) is 0 Å². The number of hydrogen-bond donors (Lipinski definition) is 1. The van der Waals surface area contributed by atoms with E-state index in [1.54, 1.807) is 0 Å². The Balaban J connectivity index is 2.01. The molecule has 1 aromatic rings. The summed E-state index contributed by atoms with van der Waals surface area (Å²) in [4.78, 5) is 6.70. The molecule has 0 aromatic heterocycles. The second kappa shape index (κ2) is 4.02. The van der Waals surface area contributed by atoms with Gasteiger partial charge in [0.05, 0.1) is 12.1 Å². The Hall–Kier alpha value is -1.03. The van der Waals surface area contributed by atoms with Gasteiger partial charge in [-0.25, -0.2) is 0 Å². The fourth-order valence-corrected chi connectivity index (χ4v) is 3.44. The van der Waals surface area contributed by atoms with E-state index in [9.17, 15) is 0 Å². The third-order valence-corrected chi connectivity index (χ3v) is 4.33. The smallest absolute Gasteiger partial charge is 0.196 e. The minimum absolute atomic E-state index is 0.158. The van der Waals surface area contributed by atoms with Crippen molar-refractivity contribution < 1.29 is 0 Å². The van der Waals surface area contributed by atoms with Crippen LogP contribution in [0, 0.1) is 0 Å². The summed E-state index contributed by atoms with van der Waals surface area (Å²) in [5, 5.41) is 0. The third kappa shape index (κ3) is 1.75. The highest BCUT2D eigenvalue weighted by molar-refractivity contribution is 9.10. The van der Waals surface area contributed by atoms with Crippen LogP contribution >= 0.6 is 15.9 Å². The SMILES string of the molecule is NC1=NCC2(CCCC2)N1c1cccc(Br)c1. The lowest BCUT2D eigenvalue weighted by molar-refractivity contribution is 0.472. The van der Waals surface area contributed by atoms with Crippen molar-refractivity contribution in [3.63, 3.8) is 0 Å². The molecule has 0 unspecified atom stereocenters. The molecule has 3 rings (SSSR count). The molecule has 2 N–H and O–H groups in total. The number of aliphatic imine (C=N–C) groups is 1. The van der Waals surface area contributed by atoms with E-state index in [2.05, 4.69) is 38.0 Å². The van der Waals surface area contributed by atoms with Gasteiger partial charge in [-0.2, -0.15) is 0 Å². The van der Waals surface area contributed by atoms with E-state index in [4.69, 9.17) is 5.73 Å². The van der Waals surface area contributed by atoms with Gasteiger partial charge in [0.25, 0.3) is 0 Å². The van der Waals surface area contributed by atoms with Crippen LogP contribution in [-0.4, -0.2) is 18.0 Å². The van der Waals surface area contributed by atoms with Gasteiger partial charge in [-0.1, -0.05) is 34.8 Å². The number of halogens is 1. The van der Waals surface area contributed by atoms with Crippen molar-refractivity contribution in [3.8, 4) is 0 Å². The van der Waals surface area contributed by atoms with Crippen molar-refractivity contribution in [3.05, 3.63) is 28.7 Å². The quantitative estimate of drug-likeness (QED) is 0.865. The van der Waals surface area contributed by atoms with Crippen LogP contribution in [0.5, 0.6) is 0 Å². The van der Waals surface area contributed by atoms with Crippen LogP contribution in [0.3, 0.4) is 0 Å². The molecule has 1 aliphatic carbocycles. The van der Waals surface area contributed by atoms with Gasteiger partial charge >= 0.3 is 0 Å². The maximum absolute atomic E-state index is 6.08. The molecule has 1 aliphatic heterocycles. The number of hydrogen-bond acceptors (Lipinski definition) is 3. The molecule has 0 atom stereocenters. The standard InChI is InChI=1S/C13H16BrN3/c14-10-4-3-5-11(8-10)17-12(15)16-9-13(17)6-1-2-7-13/h3-5,8H,1-2,6-7,9H2,(H2,15,16). The van der Waals surface area contributed by atoms with E-state index in [0.29, 0.717) is 5.96 Å². The van der Waals surface area contributed by atoms with Gasteiger partial charge in [-0.3, -0.25) is 4.99 Å². The van der Waals surface area contributed by atoms with E-state index < -0.39 is 0 Å². The summed E-state index contributed by atoms with van der Waals surface area (Å²) in [6.07, 6.45) is 4.97. The number of benzene rings is 1. The number of guanidine groups is 1. The van der Waals surface area contributed by atoms with Gasteiger partial charge in [0.2, 0.25) is 0 Å². The van der Waals surface area contributed by atoms with Crippen LogP contribution in [-0.2, 0) is 0 Å². The lowest BCUT2D eigenvalue weighted by Gasteiger charge is -2.36. The Bertz CT molecular complexity index is 463. The van der Waals surface area contributed by atoms with Gasteiger partial charge in [0, 0.05) is 10.2 Å². The normalized spacial score (nSPS) is 22.2. The fraction of sp³-hybridized carbons (Fsp3) is 0.462. The molecule has 0 bridgehead atoms. The molecule has 2 aliphatic rings. The Kier molecular flexibility index (Phi) is 2.62. The zero-order valence-corrected chi connectivity index (χ0v) is 11.3. The summed E-state index contributed by atoms with van der Waals surface area (Å²) in [5.41, 5.74) is 7.39. The molecule has 1 fully saturated rings. The zero-order chi connectivity index (χ0) is 11.9. The minimum atomic E-state index is 0.158. The van der Waals surface area contributed by atoms with Crippen LogP contribution in [0.25, 0.3) is 0 Å². The predicted octanol–water partition coefficient (Wildman–Crippen LogP) is 2.90. The maximum atomic E-state index is 6.08. The van der Waals surface area contributed by atoms with Crippen molar-refractivity contribution in [1.82, 2.24) is 0 Å². The van der Waals surface area contributed by atoms with E-state index in [1.165, 1.54) is 25.7 Å².